The summed E-state index contributed by atoms with van der Waals surface area (Å²) in [6.45, 7) is 5.32. The minimum absolute atomic E-state index is 0.0467. The minimum atomic E-state index is -2.46. The van der Waals surface area contributed by atoms with Crippen LogP contribution in [0.3, 0.4) is 0 Å². The third-order valence-corrected chi connectivity index (χ3v) is 1.90. The van der Waals surface area contributed by atoms with E-state index in [0.717, 1.165) is 26.2 Å². The summed E-state index contributed by atoms with van der Waals surface area (Å²) < 4.78 is 24.6. The molecule has 0 aliphatic heterocycles. The topological polar surface area (TPSA) is 0 Å². The monoisotopic (exact) mass is 178 g/mol. The summed E-state index contributed by atoms with van der Waals surface area (Å²) in [5.41, 5.74) is 0. The first kappa shape index (κ1) is 11.9. The van der Waals surface area contributed by atoms with Crippen LogP contribution in [0.1, 0.15) is 52.9 Å². The number of rotatable bonds is 6. The van der Waals surface area contributed by atoms with Gasteiger partial charge in [-0.05, 0) is 19.3 Å². The Morgan fingerprint density at radius 3 is 2.08 bits per heavy atom. The van der Waals surface area contributed by atoms with Crippen LogP contribution in [-0.4, -0.2) is 5.92 Å². The lowest BCUT2D eigenvalue weighted by molar-refractivity contribution is 0.0103. The molecular formula is C10H20F2. The fourth-order valence-corrected chi connectivity index (χ4v) is 1.16. The van der Waals surface area contributed by atoms with Crippen molar-refractivity contribution in [1.82, 2.24) is 0 Å². The van der Waals surface area contributed by atoms with Gasteiger partial charge in [0, 0.05) is 6.42 Å². The smallest absolute Gasteiger partial charge is 0.207 e. The fraction of sp³-hybridized carbons (Fsp3) is 1.00. The highest BCUT2D eigenvalue weighted by Crippen LogP contribution is 2.21. The Labute approximate surface area is 74.4 Å². The highest BCUT2D eigenvalue weighted by Gasteiger charge is 2.19. The molecule has 0 radical (unpaired) electrons. The Bertz CT molecular complexity index is 103. The normalized spacial score (nSPS) is 12.5. The Hall–Kier alpha value is -0.140. The van der Waals surface area contributed by atoms with Crippen molar-refractivity contribution in [3.63, 3.8) is 0 Å². The van der Waals surface area contributed by atoms with Crippen molar-refractivity contribution in [2.75, 3.05) is 0 Å². The number of hydrogen-bond acceptors (Lipinski definition) is 0. The highest BCUT2D eigenvalue weighted by molar-refractivity contribution is 4.58. The third kappa shape index (κ3) is 9.86. The van der Waals surface area contributed by atoms with Gasteiger partial charge in [-0.3, -0.25) is 0 Å². The van der Waals surface area contributed by atoms with Gasteiger partial charge in [0.25, 0.3) is 0 Å². The Kier molecular flexibility index (Phi) is 5.43. The lowest BCUT2D eigenvalue weighted by atomic mass is 10.0. The molecule has 0 aromatic rings. The van der Waals surface area contributed by atoms with Crippen LogP contribution >= 0.6 is 0 Å². The van der Waals surface area contributed by atoms with Crippen molar-refractivity contribution in [2.45, 2.75) is 58.8 Å². The van der Waals surface area contributed by atoms with Gasteiger partial charge in [0.1, 0.15) is 0 Å². The number of hydrogen-bond donors (Lipinski definition) is 0. The second kappa shape index (κ2) is 5.50. The van der Waals surface area contributed by atoms with E-state index in [1.807, 2.05) is 0 Å². The van der Waals surface area contributed by atoms with E-state index in [9.17, 15) is 8.78 Å². The minimum Gasteiger partial charge on any atom is -0.207 e. The van der Waals surface area contributed by atoms with Crippen LogP contribution in [0, 0.1) is 5.92 Å². The first-order valence-corrected chi connectivity index (χ1v) is 4.79. The van der Waals surface area contributed by atoms with Gasteiger partial charge in [0.2, 0.25) is 5.92 Å². The molecule has 0 amide bonds. The number of alkyl halides is 2. The number of unbranched alkanes of at least 4 members (excludes halogenated alkanes) is 2. The lowest BCUT2D eigenvalue weighted by Gasteiger charge is -2.09. The predicted octanol–water partition coefficient (Wildman–Crippen LogP) is 4.25. The molecule has 0 aromatic carbocycles. The standard InChI is InChI=1S/C10H20F2/c1-9(2)7-5-4-6-8-10(3,11)12/h9H,4-8H2,1-3H3. The van der Waals surface area contributed by atoms with E-state index in [-0.39, 0.29) is 6.42 Å². The summed E-state index contributed by atoms with van der Waals surface area (Å²) in [4.78, 5) is 0. The molecule has 0 N–H and O–H groups in total. The largest absolute Gasteiger partial charge is 0.245 e. The molecule has 0 nitrogen and oxygen atoms in total. The highest BCUT2D eigenvalue weighted by atomic mass is 19.3. The average Bonchev–Trinajstić information content (AvgIpc) is 1.83. The molecule has 0 spiro atoms. The van der Waals surface area contributed by atoms with Crippen LogP contribution in [0.15, 0.2) is 0 Å². The van der Waals surface area contributed by atoms with Gasteiger partial charge in [-0.2, -0.15) is 0 Å². The summed E-state index contributed by atoms with van der Waals surface area (Å²) in [5.74, 6) is -1.76. The summed E-state index contributed by atoms with van der Waals surface area (Å²) in [7, 11) is 0. The molecule has 0 bridgehead atoms. The lowest BCUT2D eigenvalue weighted by Crippen LogP contribution is -2.08. The van der Waals surface area contributed by atoms with Gasteiger partial charge in [-0.25, -0.2) is 8.78 Å². The molecule has 74 valence electrons. The van der Waals surface area contributed by atoms with Crippen LogP contribution in [0.5, 0.6) is 0 Å². The van der Waals surface area contributed by atoms with Crippen LogP contribution < -0.4 is 0 Å². The fourth-order valence-electron chi connectivity index (χ4n) is 1.16. The van der Waals surface area contributed by atoms with Crippen LogP contribution in [0.25, 0.3) is 0 Å². The van der Waals surface area contributed by atoms with E-state index < -0.39 is 5.92 Å². The zero-order valence-corrected chi connectivity index (χ0v) is 8.37. The van der Waals surface area contributed by atoms with Gasteiger partial charge >= 0.3 is 0 Å². The van der Waals surface area contributed by atoms with Crippen molar-refractivity contribution in [2.24, 2.45) is 5.92 Å². The van der Waals surface area contributed by atoms with Gasteiger partial charge in [-0.15, -0.1) is 0 Å². The van der Waals surface area contributed by atoms with Crippen molar-refractivity contribution < 1.29 is 8.78 Å². The molecule has 0 rings (SSSR count). The molecule has 0 saturated carbocycles. The summed E-state index contributed by atoms with van der Waals surface area (Å²) in [6.07, 6.45) is 3.91. The molecular weight excluding hydrogens is 158 g/mol. The van der Waals surface area contributed by atoms with Crippen molar-refractivity contribution in [1.29, 1.82) is 0 Å². The van der Waals surface area contributed by atoms with E-state index >= 15 is 0 Å². The maximum absolute atomic E-state index is 12.3. The predicted molar refractivity (Wildman–Crippen MR) is 48.5 cm³/mol. The first-order valence-electron chi connectivity index (χ1n) is 4.79. The van der Waals surface area contributed by atoms with Crippen molar-refractivity contribution >= 4 is 0 Å². The van der Waals surface area contributed by atoms with Gasteiger partial charge in [0.15, 0.2) is 0 Å². The van der Waals surface area contributed by atoms with Crippen LogP contribution in [0.4, 0.5) is 8.78 Å². The molecule has 0 saturated heterocycles. The zero-order chi connectivity index (χ0) is 9.61. The molecule has 12 heavy (non-hydrogen) atoms. The third-order valence-electron chi connectivity index (χ3n) is 1.90. The second-order valence-electron chi connectivity index (χ2n) is 4.06. The van der Waals surface area contributed by atoms with Gasteiger partial charge < -0.3 is 0 Å². The van der Waals surface area contributed by atoms with Gasteiger partial charge in [-0.1, -0.05) is 33.1 Å². The summed E-state index contributed by atoms with van der Waals surface area (Å²) >= 11 is 0. The molecule has 0 heterocycles. The zero-order valence-electron chi connectivity index (χ0n) is 8.37. The van der Waals surface area contributed by atoms with Crippen molar-refractivity contribution in [3.8, 4) is 0 Å². The maximum Gasteiger partial charge on any atom is 0.245 e. The molecule has 0 aliphatic carbocycles. The molecule has 0 fully saturated rings. The first-order chi connectivity index (χ1) is 5.42. The number of halogens is 2. The summed E-state index contributed by atoms with van der Waals surface area (Å²) in [5, 5.41) is 0. The summed E-state index contributed by atoms with van der Waals surface area (Å²) in [6, 6.07) is 0. The van der Waals surface area contributed by atoms with E-state index in [1.165, 1.54) is 0 Å². The van der Waals surface area contributed by atoms with Crippen LogP contribution in [0.2, 0.25) is 0 Å². The Morgan fingerprint density at radius 2 is 1.67 bits per heavy atom. The molecule has 0 unspecified atom stereocenters. The second-order valence-corrected chi connectivity index (χ2v) is 4.06. The van der Waals surface area contributed by atoms with Crippen molar-refractivity contribution in [3.05, 3.63) is 0 Å². The van der Waals surface area contributed by atoms with E-state index in [2.05, 4.69) is 13.8 Å². The quantitative estimate of drug-likeness (QED) is 0.533. The van der Waals surface area contributed by atoms with Gasteiger partial charge in [0.05, 0.1) is 0 Å². The Balaban J connectivity index is 3.12. The molecule has 0 atom stereocenters. The van der Waals surface area contributed by atoms with E-state index in [0.29, 0.717) is 12.3 Å². The molecule has 0 aliphatic rings. The van der Waals surface area contributed by atoms with Crippen LogP contribution in [-0.2, 0) is 0 Å². The SMILES string of the molecule is CC(C)CCCCCC(C)(F)F. The maximum atomic E-state index is 12.3. The average molecular weight is 178 g/mol. The Morgan fingerprint density at radius 1 is 1.08 bits per heavy atom. The van der Waals surface area contributed by atoms with E-state index in [4.69, 9.17) is 0 Å². The molecule has 0 aromatic heterocycles. The molecule has 2 heteroatoms. The van der Waals surface area contributed by atoms with E-state index in [1.54, 1.807) is 0 Å².